The van der Waals surface area contributed by atoms with Crippen LogP contribution in [0.5, 0.6) is 5.75 Å². The van der Waals surface area contributed by atoms with Gasteiger partial charge in [-0.2, -0.15) is 0 Å². The zero-order valence-electron chi connectivity index (χ0n) is 11.9. The van der Waals surface area contributed by atoms with Gasteiger partial charge in [-0.05, 0) is 42.2 Å². The van der Waals surface area contributed by atoms with Gasteiger partial charge in [-0.1, -0.05) is 35.4 Å². The summed E-state index contributed by atoms with van der Waals surface area (Å²) in [6.07, 6.45) is 5.39. The first-order valence-corrected chi connectivity index (χ1v) is 8.49. The number of carbonyl (C=O) groups is 2. The van der Waals surface area contributed by atoms with Crippen LogP contribution in [0.15, 0.2) is 24.3 Å². The Bertz CT molecular complexity index is 746. The maximum atomic E-state index is 12.9. The second kappa shape index (κ2) is 4.31. The molecule has 5 aliphatic rings. The average Bonchev–Trinajstić information content (AvgIpc) is 3.29. The summed E-state index contributed by atoms with van der Waals surface area (Å²) >= 11 is 11.9. The summed E-state index contributed by atoms with van der Waals surface area (Å²) in [6.45, 7) is 0. The number of phenolic OH excluding ortho intramolecular Hbond substituents is 1. The lowest BCUT2D eigenvalue weighted by atomic mass is 9.63. The minimum atomic E-state index is -0.257. The minimum absolute atomic E-state index is 0.0342. The number of aromatic hydroxyl groups is 1. The molecular formula is C17H13Cl2NO3. The number of halogens is 2. The van der Waals surface area contributed by atoms with E-state index in [0.29, 0.717) is 17.5 Å². The number of imide groups is 1. The van der Waals surface area contributed by atoms with E-state index in [4.69, 9.17) is 23.2 Å². The summed E-state index contributed by atoms with van der Waals surface area (Å²) in [7, 11) is 0. The molecule has 4 aliphatic carbocycles. The van der Waals surface area contributed by atoms with Gasteiger partial charge in [0.25, 0.3) is 0 Å². The molecule has 1 aliphatic heterocycles. The third kappa shape index (κ3) is 1.63. The standard InChI is InChI=1S/C17H13Cl2NO3/c18-11-3-6(4-12(19)15(11)21)20-16(22)13-7-1-2-8(10-5-9(7)10)14(13)17(20)23/h1-4,7-10,13-14,21H,5H2/t7-,8?,9?,10-,13?,14?/m1/s1. The van der Waals surface area contributed by atoms with E-state index in [2.05, 4.69) is 12.2 Å². The molecule has 6 rings (SSSR count). The minimum Gasteiger partial charge on any atom is -0.505 e. The normalized spacial score (nSPS) is 39.7. The van der Waals surface area contributed by atoms with Crippen LogP contribution in [0, 0.1) is 35.5 Å². The molecule has 1 aromatic carbocycles. The topological polar surface area (TPSA) is 57.6 Å². The lowest BCUT2D eigenvalue weighted by Crippen LogP contribution is -2.40. The van der Waals surface area contributed by atoms with E-state index in [-0.39, 0.29) is 51.3 Å². The molecule has 1 heterocycles. The van der Waals surface area contributed by atoms with Crippen molar-refractivity contribution in [3.05, 3.63) is 34.3 Å². The van der Waals surface area contributed by atoms with Gasteiger partial charge < -0.3 is 5.11 Å². The summed E-state index contributed by atoms with van der Waals surface area (Å²) < 4.78 is 0. The Morgan fingerprint density at radius 2 is 1.43 bits per heavy atom. The predicted octanol–water partition coefficient (Wildman–Crippen LogP) is 3.26. The highest BCUT2D eigenvalue weighted by molar-refractivity contribution is 6.38. The fourth-order valence-corrected chi connectivity index (χ4v) is 5.37. The third-order valence-electron chi connectivity index (χ3n) is 5.92. The Kier molecular flexibility index (Phi) is 2.60. The lowest BCUT2D eigenvalue weighted by Gasteiger charge is -2.37. The van der Waals surface area contributed by atoms with E-state index in [1.54, 1.807) is 0 Å². The number of nitrogens with zero attached hydrogens (tertiary/aromatic N) is 1. The van der Waals surface area contributed by atoms with Crippen molar-refractivity contribution in [1.29, 1.82) is 0 Å². The number of hydrogen-bond donors (Lipinski definition) is 1. The highest BCUT2D eigenvalue weighted by atomic mass is 35.5. The molecule has 0 spiro atoms. The van der Waals surface area contributed by atoms with Crippen molar-refractivity contribution in [3.8, 4) is 5.75 Å². The summed E-state index contributed by atoms with van der Waals surface area (Å²) in [4.78, 5) is 27.1. The number of allylic oxidation sites excluding steroid dienone is 2. The van der Waals surface area contributed by atoms with Crippen LogP contribution < -0.4 is 4.90 Å². The number of anilines is 1. The Labute approximate surface area is 142 Å². The molecule has 23 heavy (non-hydrogen) atoms. The van der Waals surface area contributed by atoms with Crippen molar-refractivity contribution in [2.24, 2.45) is 35.5 Å². The Hall–Kier alpha value is -1.52. The number of amides is 2. The van der Waals surface area contributed by atoms with Gasteiger partial charge in [0, 0.05) is 0 Å². The molecule has 1 saturated heterocycles. The van der Waals surface area contributed by atoms with Gasteiger partial charge in [0.15, 0.2) is 5.75 Å². The zero-order valence-corrected chi connectivity index (χ0v) is 13.5. The number of rotatable bonds is 1. The van der Waals surface area contributed by atoms with Gasteiger partial charge in [-0.15, -0.1) is 0 Å². The predicted molar refractivity (Wildman–Crippen MR) is 85.3 cm³/mol. The van der Waals surface area contributed by atoms with E-state index in [1.165, 1.54) is 17.0 Å². The van der Waals surface area contributed by atoms with Crippen LogP contribution in [-0.4, -0.2) is 16.9 Å². The van der Waals surface area contributed by atoms with E-state index >= 15 is 0 Å². The van der Waals surface area contributed by atoms with Crippen LogP contribution in [0.3, 0.4) is 0 Å². The number of hydrogen-bond acceptors (Lipinski definition) is 3. The van der Waals surface area contributed by atoms with E-state index in [9.17, 15) is 14.7 Å². The fraction of sp³-hybridized carbons (Fsp3) is 0.412. The van der Waals surface area contributed by atoms with Gasteiger partial charge in [0.1, 0.15) is 0 Å². The fourth-order valence-electron chi connectivity index (χ4n) is 4.89. The maximum absolute atomic E-state index is 12.9. The molecule has 118 valence electrons. The van der Waals surface area contributed by atoms with Crippen molar-refractivity contribution in [2.45, 2.75) is 6.42 Å². The second-order valence-electron chi connectivity index (χ2n) is 6.92. The molecule has 1 aromatic rings. The monoisotopic (exact) mass is 349 g/mol. The largest absolute Gasteiger partial charge is 0.505 e. The average molecular weight is 350 g/mol. The number of carbonyl (C=O) groups excluding carboxylic acids is 2. The summed E-state index contributed by atoms with van der Waals surface area (Å²) in [5, 5.41) is 9.75. The molecule has 6 heteroatoms. The summed E-state index contributed by atoms with van der Waals surface area (Å²) in [6, 6.07) is 2.85. The maximum Gasteiger partial charge on any atom is 0.238 e. The van der Waals surface area contributed by atoms with Crippen LogP contribution in [0.1, 0.15) is 6.42 Å². The molecule has 6 atom stereocenters. The first kappa shape index (κ1) is 13.9. The molecule has 3 fully saturated rings. The second-order valence-corrected chi connectivity index (χ2v) is 7.74. The van der Waals surface area contributed by atoms with Crippen LogP contribution >= 0.6 is 23.2 Å². The molecule has 1 N–H and O–H groups in total. The van der Waals surface area contributed by atoms with Crippen molar-refractivity contribution in [1.82, 2.24) is 0 Å². The molecule has 4 unspecified atom stereocenters. The molecule has 0 radical (unpaired) electrons. The van der Waals surface area contributed by atoms with E-state index in [1.807, 2.05) is 0 Å². The first-order chi connectivity index (χ1) is 11.0. The molecule has 2 saturated carbocycles. The highest BCUT2D eigenvalue weighted by Gasteiger charge is 2.67. The zero-order chi connectivity index (χ0) is 16.0. The van der Waals surface area contributed by atoms with Gasteiger partial charge in [0.2, 0.25) is 11.8 Å². The highest BCUT2D eigenvalue weighted by Crippen LogP contribution is 2.65. The van der Waals surface area contributed by atoms with Gasteiger partial charge in [0.05, 0.1) is 27.6 Å². The van der Waals surface area contributed by atoms with Gasteiger partial charge in [-0.3, -0.25) is 9.59 Å². The molecule has 4 nitrogen and oxygen atoms in total. The quantitative estimate of drug-likeness (QED) is 0.625. The van der Waals surface area contributed by atoms with Gasteiger partial charge in [-0.25, -0.2) is 4.90 Å². The first-order valence-electron chi connectivity index (χ1n) is 7.73. The summed E-state index contributed by atoms with van der Waals surface area (Å²) in [5.74, 6) is 0.408. The van der Waals surface area contributed by atoms with Gasteiger partial charge >= 0.3 is 0 Å². The van der Waals surface area contributed by atoms with Crippen LogP contribution in [0.2, 0.25) is 10.0 Å². The van der Waals surface area contributed by atoms with Crippen molar-refractivity contribution in [3.63, 3.8) is 0 Å². The Morgan fingerprint density at radius 1 is 0.957 bits per heavy atom. The SMILES string of the molecule is O=C1C2C(C(=O)N1c1cc(Cl)c(O)c(Cl)c1)[C@@H]1C=CC2[C@H]2CC12. The van der Waals surface area contributed by atoms with Crippen LogP contribution in [0.25, 0.3) is 0 Å². The smallest absolute Gasteiger partial charge is 0.238 e. The Balaban J connectivity index is 1.59. The van der Waals surface area contributed by atoms with E-state index in [0.717, 1.165) is 6.42 Å². The molecular weight excluding hydrogens is 337 g/mol. The van der Waals surface area contributed by atoms with Crippen LogP contribution in [0.4, 0.5) is 5.69 Å². The lowest BCUT2D eigenvalue weighted by molar-refractivity contribution is -0.124. The molecule has 0 aromatic heterocycles. The van der Waals surface area contributed by atoms with E-state index < -0.39 is 0 Å². The molecule has 2 amide bonds. The van der Waals surface area contributed by atoms with Crippen LogP contribution in [-0.2, 0) is 9.59 Å². The summed E-state index contributed by atoms with van der Waals surface area (Å²) in [5.41, 5.74) is 0.343. The molecule has 2 bridgehead atoms. The Morgan fingerprint density at radius 3 is 1.91 bits per heavy atom. The number of phenols is 1. The number of benzene rings is 1. The van der Waals surface area contributed by atoms with Crippen molar-refractivity contribution in [2.75, 3.05) is 4.90 Å². The third-order valence-corrected chi connectivity index (χ3v) is 6.50. The van der Waals surface area contributed by atoms with Crippen molar-refractivity contribution >= 4 is 40.7 Å². The van der Waals surface area contributed by atoms with Crippen molar-refractivity contribution < 1.29 is 14.7 Å².